The number of anilines is 2. The molecule has 0 heterocycles. The first kappa shape index (κ1) is 42.8. The van der Waals surface area contributed by atoms with E-state index in [4.69, 9.17) is 38.7 Å². The van der Waals surface area contributed by atoms with E-state index < -0.39 is 36.1 Å². The highest BCUT2D eigenvalue weighted by atomic mass is 16.6. The van der Waals surface area contributed by atoms with Crippen molar-refractivity contribution in [3.8, 4) is 0 Å². The molecule has 2 aromatic rings. The van der Waals surface area contributed by atoms with Crippen LogP contribution in [0, 0.1) is 5.92 Å². The molecule has 16 heteroatoms. The van der Waals surface area contributed by atoms with Crippen LogP contribution in [0.4, 0.5) is 21.0 Å². The molecule has 2 rings (SSSR count). The van der Waals surface area contributed by atoms with Gasteiger partial charge in [-0.2, -0.15) is 0 Å². The summed E-state index contributed by atoms with van der Waals surface area (Å²) in [5.41, 5.74) is 1.67. The Balaban J connectivity index is 0.00000190. The molecule has 2 aromatic carbocycles. The van der Waals surface area contributed by atoms with Gasteiger partial charge in [0, 0.05) is 30.4 Å². The average molecular weight is 705 g/mol. The van der Waals surface area contributed by atoms with Gasteiger partial charge < -0.3 is 39.0 Å². The van der Waals surface area contributed by atoms with Gasteiger partial charge in [0.1, 0.15) is 13.2 Å². The van der Waals surface area contributed by atoms with Crippen molar-refractivity contribution in [2.45, 2.75) is 34.6 Å². The average Bonchev–Trinajstić information content (AvgIpc) is 3.10. The van der Waals surface area contributed by atoms with E-state index in [1.54, 1.807) is 55.5 Å². The van der Waals surface area contributed by atoms with Crippen LogP contribution < -0.4 is 10.6 Å². The Morgan fingerprint density at radius 3 is 1.18 bits per heavy atom. The molecule has 0 saturated carbocycles. The summed E-state index contributed by atoms with van der Waals surface area (Å²) in [5, 5.41) is 20.0. The van der Waals surface area contributed by atoms with Crippen LogP contribution in [0.1, 0.15) is 55.3 Å². The largest absolute Gasteiger partial charge is 0.473 e. The van der Waals surface area contributed by atoms with E-state index in [1.807, 2.05) is 0 Å². The number of carboxylic acids is 2. The van der Waals surface area contributed by atoms with E-state index in [0.717, 1.165) is 26.2 Å². The smallest absolute Gasteiger partial charge is 0.414 e. The second-order valence-electron chi connectivity index (χ2n) is 10.6. The minimum atomic E-state index is -1.82. The maximum atomic E-state index is 12.2. The van der Waals surface area contributed by atoms with Gasteiger partial charge in [0.15, 0.2) is 0 Å². The first-order valence-electron chi connectivity index (χ1n) is 16.2. The number of likely N-dealkylation sites (N-methyl/N-ethyl adjacent to an activating group) is 2. The number of amides is 2. The quantitative estimate of drug-likeness (QED) is 0.0970. The van der Waals surface area contributed by atoms with E-state index in [2.05, 4.69) is 48.1 Å². The number of nitrogens with zero attached hydrogens (tertiary/aromatic N) is 2. The molecule has 276 valence electrons. The van der Waals surface area contributed by atoms with Crippen molar-refractivity contribution in [2.75, 3.05) is 76.3 Å². The van der Waals surface area contributed by atoms with Gasteiger partial charge in [0.25, 0.3) is 0 Å². The summed E-state index contributed by atoms with van der Waals surface area (Å²) in [6.07, 6.45) is -1.36. The zero-order chi connectivity index (χ0) is 37.5. The second kappa shape index (κ2) is 24.0. The fourth-order valence-electron chi connectivity index (χ4n) is 3.95. The molecule has 0 radical (unpaired) electrons. The van der Waals surface area contributed by atoms with Crippen LogP contribution in [0.15, 0.2) is 48.5 Å². The molecule has 0 bridgehead atoms. The van der Waals surface area contributed by atoms with E-state index in [0.29, 0.717) is 48.8 Å². The summed E-state index contributed by atoms with van der Waals surface area (Å²) in [7, 11) is 0. The Bertz CT molecular complexity index is 1260. The first-order valence-corrected chi connectivity index (χ1v) is 16.2. The van der Waals surface area contributed by atoms with Crippen LogP contribution in [0.3, 0.4) is 0 Å². The summed E-state index contributed by atoms with van der Waals surface area (Å²) in [4.78, 5) is 71.3. The molecule has 16 nitrogen and oxygen atoms in total. The highest BCUT2D eigenvalue weighted by Crippen LogP contribution is 2.13. The summed E-state index contributed by atoms with van der Waals surface area (Å²) in [5.74, 6) is -4.77. The maximum absolute atomic E-state index is 12.2. The molecule has 0 aliphatic rings. The number of rotatable bonds is 18. The number of carboxylic acid groups (broad SMARTS) is 2. The standard InChI is InChI=1S/C32H46N4O8.C2H2O4/c1-6-35(7-2)18-20-41-29(37)25-10-14-27(15-11-25)33-31(39)43-22-24(5)23-44-32(40)34-28-16-12-26(13-17-28)30(38)42-21-19-36(8-3)9-4;3-1(4)2(5)6/h10-17,24H,6-9,18-23H2,1-5H3,(H,33,39)(H,34,40);(H,3,4)(H,5,6). The maximum Gasteiger partial charge on any atom is 0.414 e. The first-order chi connectivity index (χ1) is 23.8. The lowest BCUT2D eigenvalue weighted by Gasteiger charge is -2.17. The normalized spacial score (nSPS) is 10.5. The van der Waals surface area contributed by atoms with Crippen LogP contribution in [0.2, 0.25) is 0 Å². The second-order valence-corrected chi connectivity index (χ2v) is 10.6. The Hall–Kier alpha value is -5.22. The fraction of sp³-hybridized carbons (Fsp3) is 0.471. The molecular formula is C34H48N4O12. The molecule has 0 spiro atoms. The van der Waals surface area contributed by atoms with Gasteiger partial charge in [-0.05, 0) is 74.7 Å². The number of nitrogens with one attached hydrogen (secondary N) is 2. The van der Waals surface area contributed by atoms with Gasteiger partial charge >= 0.3 is 36.1 Å². The number of aliphatic carboxylic acids is 2. The molecule has 0 saturated heterocycles. The number of carbonyl (C=O) groups excluding carboxylic acids is 4. The lowest BCUT2D eigenvalue weighted by atomic mass is 10.2. The van der Waals surface area contributed by atoms with Gasteiger partial charge in [0.2, 0.25) is 0 Å². The van der Waals surface area contributed by atoms with Crippen LogP contribution in [0.25, 0.3) is 0 Å². The lowest BCUT2D eigenvalue weighted by molar-refractivity contribution is -0.159. The molecular weight excluding hydrogens is 656 g/mol. The molecule has 0 aliphatic heterocycles. The SMILES string of the molecule is CCN(CC)CCOC(=O)c1ccc(NC(=O)OCC(C)COC(=O)Nc2ccc(C(=O)OCCN(CC)CC)cc2)cc1.O=C(O)C(=O)O. The summed E-state index contributed by atoms with van der Waals surface area (Å²) in [6, 6.07) is 12.6. The molecule has 4 N–H and O–H groups in total. The third-order valence-corrected chi connectivity index (χ3v) is 6.99. The zero-order valence-electron chi connectivity index (χ0n) is 29.1. The van der Waals surface area contributed by atoms with Gasteiger partial charge in [0.05, 0.1) is 24.3 Å². The van der Waals surface area contributed by atoms with Gasteiger partial charge in [-0.15, -0.1) is 0 Å². The van der Waals surface area contributed by atoms with Crippen LogP contribution >= 0.6 is 0 Å². The molecule has 0 fully saturated rings. The minimum Gasteiger partial charge on any atom is -0.473 e. The number of hydrogen-bond acceptors (Lipinski definition) is 12. The van der Waals surface area contributed by atoms with E-state index in [9.17, 15) is 19.2 Å². The number of esters is 2. The van der Waals surface area contributed by atoms with E-state index in [-0.39, 0.29) is 19.1 Å². The number of hydrogen-bond donors (Lipinski definition) is 4. The summed E-state index contributed by atoms with van der Waals surface area (Å²) < 4.78 is 21.0. The third kappa shape index (κ3) is 17.8. The molecule has 50 heavy (non-hydrogen) atoms. The fourth-order valence-corrected chi connectivity index (χ4v) is 3.95. The van der Waals surface area contributed by atoms with Gasteiger partial charge in [-0.3, -0.25) is 10.6 Å². The zero-order valence-corrected chi connectivity index (χ0v) is 29.1. The van der Waals surface area contributed by atoms with Crippen molar-refractivity contribution in [3.63, 3.8) is 0 Å². The van der Waals surface area contributed by atoms with Crippen LogP contribution in [-0.4, -0.2) is 122 Å². The van der Waals surface area contributed by atoms with Crippen molar-refractivity contribution in [1.82, 2.24) is 9.80 Å². The third-order valence-electron chi connectivity index (χ3n) is 6.99. The topological polar surface area (TPSA) is 210 Å². The van der Waals surface area contributed by atoms with Crippen LogP contribution in [-0.2, 0) is 28.5 Å². The molecule has 0 unspecified atom stereocenters. The predicted octanol–water partition coefficient (Wildman–Crippen LogP) is 4.27. The van der Waals surface area contributed by atoms with Gasteiger partial charge in [-0.25, -0.2) is 28.8 Å². The van der Waals surface area contributed by atoms with E-state index >= 15 is 0 Å². The van der Waals surface area contributed by atoms with Crippen molar-refractivity contribution in [2.24, 2.45) is 5.92 Å². The van der Waals surface area contributed by atoms with Crippen molar-refractivity contribution in [3.05, 3.63) is 59.7 Å². The predicted molar refractivity (Wildman–Crippen MR) is 183 cm³/mol. The van der Waals surface area contributed by atoms with Gasteiger partial charge in [-0.1, -0.05) is 34.6 Å². The Morgan fingerprint density at radius 1 is 0.580 bits per heavy atom. The molecule has 0 aliphatic carbocycles. The minimum absolute atomic E-state index is 0.0150. The lowest BCUT2D eigenvalue weighted by Crippen LogP contribution is -2.27. The summed E-state index contributed by atoms with van der Waals surface area (Å²) in [6.45, 7) is 15.5. The monoisotopic (exact) mass is 704 g/mol. The molecule has 0 aromatic heterocycles. The van der Waals surface area contributed by atoms with Crippen molar-refractivity contribution < 1.29 is 57.9 Å². The molecule has 2 amide bonds. The van der Waals surface area contributed by atoms with Crippen molar-refractivity contribution >= 4 is 47.4 Å². The number of carbonyl (C=O) groups is 6. The van der Waals surface area contributed by atoms with E-state index in [1.165, 1.54) is 0 Å². The molecule has 0 atom stereocenters. The Kier molecular flexibility index (Phi) is 20.5. The Morgan fingerprint density at radius 2 is 0.900 bits per heavy atom. The summed E-state index contributed by atoms with van der Waals surface area (Å²) >= 11 is 0. The highest BCUT2D eigenvalue weighted by Gasteiger charge is 2.14. The van der Waals surface area contributed by atoms with Crippen LogP contribution in [0.5, 0.6) is 0 Å². The number of benzene rings is 2. The highest BCUT2D eigenvalue weighted by molar-refractivity contribution is 6.27. The van der Waals surface area contributed by atoms with Crippen molar-refractivity contribution in [1.29, 1.82) is 0 Å². The number of ether oxygens (including phenoxy) is 4. The Labute approximate surface area is 291 Å².